The lowest BCUT2D eigenvalue weighted by molar-refractivity contribution is 0.414. The minimum absolute atomic E-state index is 0.267. The minimum atomic E-state index is -3.47. The number of ether oxygens (including phenoxy) is 1. The summed E-state index contributed by atoms with van der Waals surface area (Å²) in [6.45, 7) is 2.19. The normalized spacial score (nSPS) is 10.7. The van der Waals surface area contributed by atoms with Crippen LogP contribution in [0, 0.1) is 18.8 Å². The Balaban J connectivity index is 1.90. The van der Waals surface area contributed by atoms with Crippen LogP contribution in [0.1, 0.15) is 17.5 Å². The highest BCUT2D eigenvalue weighted by Gasteiger charge is 2.11. The van der Waals surface area contributed by atoms with Gasteiger partial charge in [0.1, 0.15) is 5.75 Å². The van der Waals surface area contributed by atoms with Crippen molar-refractivity contribution in [3.63, 3.8) is 0 Å². The van der Waals surface area contributed by atoms with Crippen molar-refractivity contribution in [3.05, 3.63) is 59.7 Å². The molecule has 0 atom stereocenters. The molecular formula is C18H19NO3S. The lowest BCUT2D eigenvalue weighted by Crippen LogP contribution is -2.24. The second-order valence-electron chi connectivity index (χ2n) is 4.99. The monoisotopic (exact) mass is 329 g/mol. The van der Waals surface area contributed by atoms with Gasteiger partial charge in [-0.2, -0.15) is 0 Å². The first-order chi connectivity index (χ1) is 11.0. The quantitative estimate of drug-likeness (QED) is 0.678. The number of benzene rings is 2. The second kappa shape index (κ2) is 7.82. The zero-order chi connectivity index (χ0) is 16.7. The summed E-state index contributed by atoms with van der Waals surface area (Å²) in [5.41, 5.74) is 1.86. The Bertz CT molecular complexity index is 815. The van der Waals surface area contributed by atoms with Gasteiger partial charge < -0.3 is 4.74 Å². The SMILES string of the molecule is COc1cccc(C#CCCNS(=O)(=O)c2ccc(C)cc2)c1. The zero-order valence-corrected chi connectivity index (χ0v) is 14.0. The molecule has 0 radical (unpaired) electrons. The van der Waals surface area contributed by atoms with Gasteiger partial charge in [0.25, 0.3) is 0 Å². The Morgan fingerprint density at radius 2 is 1.87 bits per heavy atom. The van der Waals surface area contributed by atoms with Crippen LogP contribution < -0.4 is 9.46 Å². The number of nitrogens with one attached hydrogen (secondary N) is 1. The molecule has 0 aromatic heterocycles. The molecule has 0 spiro atoms. The van der Waals surface area contributed by atoms with Crippen LogP contribution in [0.4, 0.5) is 0 Å². The highest BCUT2D eigenvalue weighted by atomic mass is 32.2. The van der Waals surface area contributed by atoms with Crippen molar-refractivity contribution in [1.29, 1.82) is 0 Å². The van der Waals surface area contributed by atoms with Crippen LogP contribution in [0.15, 0.2) is 53.4 Å². The summed E-state index contributed by atoms with van der Waals surface area (Å²) in [5.74, 6) is 6.69. The Morgan fingerprint density at radius 1 is 1.13 bits per heavy atom. The van der Waals surface area contributed by atoms with Crippen molar-refractivity contribution in [2.24, 2.45) is 0 Å². The smallest absolute Gasteiger partial charge is 0.240 e. The second-order valence-corrected chi connectivity index (χ2v) is 6.76. The maximum absolute atomic E-state index is 12.1. The molecule has 1 N–H and O–H groups in total. The fourth-order valence-electron chi connectivity index (χ4n) is 1.91. The third-order valence-electron chi connectivity index (χ3n) is 3.18. The lowest BCUT2D eigenvalue weighted by atomic mass is 10.2. The van der Waals surface area contributed by atoms with E-state index in [4.69, 9.17) is 4.74 Å². The average molecular weight is 329 g/mol. The Hall–Kier alpha value is -2.29. The van der Waals surface area contributed by atoms with Crippen molar-refractivity contribution < 1.29 is 13.2 Å². The molecule has 0 aliphatic carbocycles. The van der Waals surface area contributed by atoms with Crippen LogP contribution in [0.2, 0.25) is 0 Å². The molecule has 2 rings (SSSR count). The third kappa shape index (κ3) is 5.13. The fraction of sp³-hybridized carbons (Fsp3) is 0.222. The predicted molar refractivity (Wildman–Crippen MR) is 90.9 cm³/mol. The van der Waals surface area contributed by atoms with E-state index in [0.29, 0.717) is 6.42 Å². The molecule has 2 aromatic rings. The third-order valence-corrected chi connectivity index (χ3v) is 4.65. The summed E-state index contributed by atoms with van der Waals surface area (Å²) in [4.78, 5) is 0.267. The Labute approximate surface area is 137 Å². The van der Waals surface area contributed by atoms with Crippen LogP contribution >= 0.6 is 0 Å². The van der Waals surface area contributed by atoms with Crippen molar-refractivity contribution in [2.45, 2.75) is 18.2 Å². The van der Waals surface area contributed by atoms with Crippen molar-refractivity contribution >= 4 is 10.0 Å². The molecular weight excluding hydrogens is 310 g/mol. The molecule has 0 amide bonds. The van der Waals surface area contributed by atoms with E-state index in [-0.39, 0.29) is 11.4 Å². The molecule has 0 bridgehead atoms. The van der Waals surface area contributed by atoms with Crippen LogP contribution in [-0.4, -0.2) is 22.1 Å². The molecule has 0 saturated heterocycles. The van der Waals surface area contributed by atoms with Gasteiger partial charge in [-0.3, -0.25) is 0 Å². The van der Waals surface area contributed by atoms with Crippen LogP contribution in [-0.2, 0) is 10.0 Å². The summed E-state index contributed by atoms with van der Waals surface area (Å²) in [7, 11) is -1.87. The van der Waals surface area contributed by atoms with Crippen LogP contribution in [0.25, 0.3) is 0 Å². The molecule has 0 aliphatic rings. The summed E-state index contributed by atoms with van der Waals surface area (Å²) >= 11 is 0. The molecule has 0 saturated carbocycles. The van der Waals surface area contributed by atoms with E-state index < -0.39 is 10.0 Å². The van der Waals surface area contributed by atoms with Gasteiger partial charge in [0.2, 0.25) is 10.0 Å². The standard InChI is InChI=1S/C18H19NO3S/c1-15-9-11-18(12-10-15)23(20,21)19-13-4-3-6-16-7-5-8-17(14-16)22-2/h5,7-12,14,19H,4,13H2,1-2H3. The molecule has 2 aromatic carbocycles. The number of methoxy groups -OCH3 is 1. The lowest BCUT2D eigenvalue weighted by Gasteiger charge is -2.05. The van der Waals surface area contributed by atoms with Crippen molar-refractivity contribution in [3.8, 4) is 17.6 Å². The highest BCUT2D eigenvalue weighted by Crippen LogP contribution is 2.11. The summed E-state index contributed by atoms with van der Waals surface area (Å²) < 4.78 is 31.8. The number of aryl methyl sites for hydroxylation is 1. The fourth-order valence-corrected chi connectivity index (χ4v) is 2.95. The maximum atomic E-state index is 12.1. The van der Waals surface area contributed by atoms with Gasteiger partial charge >= 0.3 is 0 Å². The first kappa shape index (κ1) is 17.1. The van der Waals surface area contributed by atoms with E-state index in [1.54, 1.807) is 31.4 Å². The maximum Gasteiger partial charge on any atom is 0.240 e. The van der Waals surface area contributed by atoms with Crippen LogP contribution in [0.5, 0.6) is 5.75 Å². The molecule has 5 heteroatoms. The number of hydrogen-bond acceptors (Lipinski definition) is 3. The summed E-state index contributed by atoms with van der Waals surface area (Å²) in [6, 6.07) is 14.2. The van der Waals surface area contributed by atoms with Gasteiger partial charge in [-0.1, -0.05) is 35.6 Å². The molecule has 23 heavy (non-hydrogen) atoms. The van der Waals surface area contributed by atoms with Gasteiger partial charge in [0, 0.05) is 18.5 Å². The Morgan fingerprint density at radius 3 is 2.57 bits per heavy atom. The summed E-state index contributed by atoms with van der Waals surface area (Å²) in [6.07, 6.45) is 0.433. The highest BCUT2D eigenvalue weighted by molar-refractivity contribution is 7.89. The molecule has 0 unspecified atom stereocenters. The minimum Gasteiger partial charge on any atom is -0.497 e. The number of hydrogen-bond donors (Lipinski definition) is 1. The first-order valence-corrected chi connectivity index (χ1v) is 8.69. The predicted octanol–water partition coefficient (Wildman–Crippen LogP) is 2.72. The average Bonchev–Trinajstić information content (AvgIpc) is 2.55. The first-order valence-electron chi connectivity index (χ1n) is 7.20. The van der Waals surface area contributed by atoms with Crippen LogP contribution in [0.3, 0.4) is 0 Å². The number of rotatable bonds is 5. The molecule has 4 nitrogen and oxygen atoms in total. The van der Waals surface area contributed by atoms with Crippen molar-refractivity contribution in [2.75, 3.05) is 13.7 Å². The topological polar surface area (TPSA) is 55.4 Å². The van der Waals surface area contributed by atoms with E-state index in [9.17, 15) is 8.42 Å². The molecule has 120 valence electrons. The van der Waals surface area contributed by atoms with E-state index in [2.05, 4.69) is 16.6 Å². The number of sulfonamides is 1. The van der Waals surface area contributed by atoms with Gasteiger partial charge in [0.05, 0.1) is 12.0 Å². The summed E-state index contributed by atoms with van der Waals surface area (Å²) in [5, 5.41) is 0. The molecule has 0 aliphatic heterocycles. The van der Waals surface area contributed by atoms with E-state index in [1.165, 1.54) is 0 Å². The zero-order valence-electron chi connectivity index (χ0n) is 13.2. The molecule has 0 fully saturated rings. The Kier molecular flexibility index (Phi) is 5.80. The van der Waals surface area contributed by atoms with Gasteiger partial charge in [-0.15, -0.1) is 0 Å². The van der Waals surface area contributed by atoms with Gasteiger partial charge in [0.15, 0.2) is 0 Å². The van der Waals surface area contributed by atoms with E-state index in [0.717, 1.165) is 16.9 Å². The van der Waals surface area contributed by atoms with E-state index >= 15 is 0 Å². The largest absolute Gasteiger partial charge is 0.497 e. The van der Waals surface area contributed by atoms with Gasteiger partial charge in [-0.25, -0.2) is 13.1 Å². The van der Waals surface area contributed by atoms with Crippen molar-refractivity contribution in [1.82, 2.24) is 4.72 Å². The van der Waals surface area contributed by atoms with E-state index in [1.807, 2.05) is 31.2 Å². The molecule has 0 heterocycles. The van der Waals surface area contributed by atoms with Gasteiger partial charge in [-0.05, 0) is 37.3 Å².